The normalized spacial score (nSPS) is 10.6. The van der Waals surface area contributed by atoms with Crippen molar-refractivity contribution in [3.8, 4) is 0 Å². The van der Waals surface area contributed by atoms with Gasteiger partial charge in [0.05, 0.1) is 13.2 Å². The molecule has 0 N–H and O–H groups in total. The zero-order chi connectivity index (χ0) is 15.0. The minimum Gasteiger partial charge on any atom is -0.465 e. The summed E-state index contributed by atoms with van der Waals surface area (Å²) in [6, 6.07) is 0. The molecule has 1 rings (SSSR count). The topological polar surface area (TPSA) is 83.3 Å². The van der Waals surface area contributed by atoms with Crippen LogP contribution in [0.2, 0.25) is 0 Å². The van der Waals surface area contributed by atoms with E-state index in [2.05, 4.69) is 10.1 Å². The second-order valence-corrected chi connectivity index (χ2v) is 4.16. The molecule has 0 aliphatic rings. The van der Waals surface area contributed by atoms with Crippen molar-refractivity contribution in [2.45, 2.75) is 40.2 Å². The number of ether oxygens (including phenoxy) is 2. The van der Waals surface area contributed by atoms with Crippen molar-refractivity contribution in [3.63, 3.8) is 0 Å². The molecule has 0 spiro atoms. The zero-order valence-corrected chi connectivity index (χ0v) is 12.2. The van der Waals surface area contributed by atoms with E-state index in [1.807, 2.05) is 6.92 Å². The molecule has 0 aromatic carbocycles. The van der Waals surface area contributed by atoms with Gasteiger partial charge in [0.15, 0.2) is 5.92 Å². The quantitative estimate of drug-likeness (QED) is 0.522. The summed E-state index contributed by atoms with van der Waals surface area (Å²) in [7, 11) is 0. The highest BCUT2D eigenvalue weighted by Gasteiger charge is 2.31. The Morgan fingerprint density at radius 1 is 1.20 bits per heavy atom. The van der Waals surface area contributed by atoms with Crippen molar-refractivity contribution in [1.82, 2.24) is 14.8 Å². The first-order valence-electron chi connectivity index (χ1n) is 6.83. The number of carbonyl (C=O) groups excluding carboxylic acids is 2. The van der Waals surface area contributed by atoms with Crippen LogP contribution in [0.1, 0.15) is 33.0 Å². The van der Waals surface area contributed by atoms with E-state index < -0.39 is 17.9 Å². The number of carbonyl (C=O) groups is 2. The molecular formula is C13H21N3O4. The molecule has 1 heterocycles. The minimum absolute atomic E-state index is 0.137. The van der Waals surface area contributed by atoms with Gasteiger partial charge in [-0.1, -0.05) is 6.92 Å². The van der Waals surface area contributed by atoms with Crippen LogP contribution in [0.15, 0.2) is 6.33 Å². The predicted molar refractivity (Wildman–Crippen MR) is 70.8 cm³/mol. The third kappa shape index (κ3) is 4.32. The maximum atomic E-state index is 11.9. The fraction of sp³-hybridized carbons (Fsp3) is 0.692. The van der Waals surface area contributed by atoms with E-state index in [1.54, 1.807) is 18.5 Å². The smallest absolute Gasteiger partial charge is 0.320 e. The number of nitrogens with zero attached hydrogens (tertiary/aromatic N) is 3. The molecular weight excluding hydrogens is 262 g/mol. The van der Waals surface area contributed by atoms with Gasteiger partial charge < -0.3 is 9.47 Å². The van der Waals surface area contributed by atoms with Gasteiger partial charge in [-0.05, 0) is 20.3 Å². The van der Waals surface area contributed by atoms with E-state index >= 15 is 0 Å². The summed E-state index contributed by atoms with van der Waals surface area (Å²) >= 11 is 0. The van der Waals surface area contributed by atoms with Gasteiger partial charge >= 0.3 is 11.9 Å². The molecule has 0 amide bonds. The molecule has 20 heavy (non-hydrogen) atoms. The monoisotopic (exact) mass is 283 g/mol. The molecule has 0 atom stereocenters. The molecule has 0 bridgehead atoms. The SMILES string of the molecule is CCCn1ncnc1CC(C(=O)OCC)C(=O)OCC. The summed E-state index contributed by atoms with van der Waals surface area (Å²) in [5, 5.41) is 4.07. The molecule has 112 valence electrons. The second kappa shape index (κ2) is 8.29. The van der Waals surface area contributed by atoms with Gasteiger partial charge in [0, 0.05) is 13.0 Å². The van der Waals surface area contributed by atoms with E-state index in [0.717, 1.165) is 6.42 Å². The lowest BCUT2D eigenvalue weighted by Crippen LogP contribution is -2.31. The van der Waals surface area contributed by atoms with Crippen LogP contribution < -0.4 is 0 Å². The van der Waals surface area contributed by atoms with Gasteiger partial charge in [-0.15, -0.1) is 0 Å². The molecule has 7 heteroatoms. The number of aromatic nitrogens is 3. The summed E-state index contributed by atoms with van der Waals surface area (Å²) in [6.45, 7) is 6.53. The van der Waals surface area contributed by atoms with E-state index in [4.69, 9.17) is 9.47 Å². The lowest BCUT2D eigenvalue weighted by molar-refractivity contribution is -0.161. The minimum atomic E-state index is -0.991. The van der Waals surface area contributed by atoms with Crippen molar-refractivity contribution in [3.05, 3.63) is 12.2 Å². The fourth-order valence-electron chi connectivity index (χ4n) is 1.78. The highest BCUT2D eigenvalue weighted by atomic mass is 16.6. The van der Waals surface area contributed by atoms with E-state index in [-0.39, 0.29) is 19.6 Å². The van der Waals surface area contributed by atoms with Crippen LogP contribution in [-0.2, 0) is 32.0 Å². The average molecular weight is 283 g/mol. The van der Waals surface area contributed by atoms with Crippen molar-refractivity contribution in [2.24, 2.45) is 5.92 Å². The lowest BCUT2D eigenvalue weighted by Gasteiger charge is -2.14. The lowest BCUT2D eigenvalue weighted by atomic mass is 10.1. The van der Waals surface area contributed by atoms with Crippen molar-refractivity contribution >= 4 is 11.9 Å². The van der Waals surface area contributed by atoms with Crippen molar-refractivity contribution in [1.29, 1.82) is 0 Å². The molecule has 0 radical (unpaired) electrons. The first-order chi connectivity index (χ1) is 9.63. The van der Waals surface area contributed by atoms with E-state index in [0.29, 0.717) is 12.4 Å². The summed E-state index contributed by atoms with van der Waals surface area (Å²) in [5.74, 6) is -1.58. The van der Waals surface area contributed by atoms with Gasteiger partial charge in [0.25, 0.3) is 0 Å². The van der Waals surface area contributed by atoms with Crippen LogP contribution in [-0.4, -0.2) is 39.9 Å². The standard InChI is InChI=1S/C13H21N3O4/c1-4-7-16-11(14-9-15-16)8-10(12(17)19-5-2)13(18)20-6-3/h9-10H,4-8H2,1-3H3. The largest absolute Gasteiger partial charge is 0.465 e. The number of hydrogen-bond donors (Lipinski definition) is 0. The molecule has 0 saturated carbocycles. The number of rotatable bonds is 8. The predicted octanol–water partition coefficient (Wildman–Crippen LogP) is 0.973. The van der Waals surface area contributed by atoms with Gasteiger partial charge in [0.2, 0.25) is 0 Å². The van der Waals surface area contributed by atoms with Crippen LogP contribution in [0.25, 0.3) is 0 Å². The molecule has 0 saturated heterocycles. The molecule has 0 aliphatic heterocycles. The van der Waals surface area contributed by atoms with Crippen LogP contribution in [0, 0.1) is 5.92 Å². The highest BCUT2D eigenvalue weighted by molar-refractivity contribution is 5.95. The zero-order valence-electron chi connectivity index (χ0n) is 12.2. The average Bonchev–Trinajstić information content (AvgIpc) is 2.84. The Morgan fingerprint density at radius 2 is 1.80 bits per heavy atom. The van der Waals surface area contributed by atoms with Crippen LogP contribution in [0.4, 0.5) is 0 Å². The highest BCUT2D eigenvalue weighted by Crippen LogP contribution is 2.11. The molecule has 0 fully saturated rings. The number of aryl methyl sites for hydroxylation is 1. The first kappa shape index (κ1) is 16.1. The molecule has 0 aliphatic carbocycles. The number of hydrogen-bond acceptors (Lipinski definition) is 6. The summed E-state index contributed by atoms with van der Waals surface area (Å²) in [4.78, 5) is 27.8. The Morgan fingerprint density at radius 3 is 2.30 bits per heavy atom. The Bertz CT molecular complexity index is 427. The Balaban J connectivity index is 2.85. The van der Waals surface area contributed by atoms with Gasteiger partial charge in [-0.25, -0.2) is 4.98 Å². The van der Waals surface area contributed by atoms with Crippen LogP contribution >= 0.6 is 0 Å². The van der Waals surface area contributed by atoms with E-state index in [1.165, 1.54) is 6.33 Å². The molecule has 0 unspecified atom stereocenters. The molecule has 7 nitrogen and oxygen atoms in total. The van der Waals surface area contributed by atoms with Crippen molar-refractivity contribution in [2.75, 3.05) is 13.2 Å². The molecule has 1 aromatic rings. The fourth-order valence-corrected chi connectivity index (χ4v) is 1.78. The number of esters is 2. The Labute approximate surface area is 118 Å². The van der Waals surface area contributed by atoms with E-state index in [9.17, 15) is 9.59 Å². The summed E-state index contributed by atoms with van der Waals surface area (Å²) in [5.41, 5.74) is 0. The van der Waals surface area contributed by atoms with Gasteiger partial charge in [-0.3, -0.25) is 14.3 Å². The first-order valence-corrected chi connectivity index (χ1v) is 6.83. The summed E-state index contributed by atoms with van der Waals surface area (Å²) in [6.07, 6.45) is 2.44. The maximum Gasteiger partial charge on any atom is 0.320 e. The van der Waals surface area contributed by atoms with Crippen LogP contribution in [0.3, 0.4) is 0 Å². The second-order valence-electron chi connectivity index (χ2n) is 4.16. The van der Waals surface area contributed by atoms with Crippen LogP contribution in [0.5, 0.6) is 0 Å². The van der Waals surface area contributed by atoms with Gasteiger partial charge in [0.1, 0.15) is 12.2 Å². The maximum absolute atomic E-state index is 11.9. The molecule has 1 aromatic heterocycles. The third-order valence-electron chi connectivity index (χ3n) is 2.66. The van der Waals surface area contributed by atoms with Gasteiger partial charge in [-0.2, -0.15) is 5.10 Å². The Kier molecular flexibility index (Phi) is 6.69. The third-order valence-corrected chi connectivity index (χ3v) is 2.66. The van der Waals surface area contributed by atoms with Crippen molar-refractivity contribution < 1.29 is 19.1 Å². The summed E-state index contributed by atoms with van der Waals surface area (Å²) < 4.78 is 11.5. The Hall–Kier alpha value is -1.92.